The lowest BCUT2D eigenvalue weighted by Gasteiger charge is -2.15. The zero-order valence-corrected chi connectivity index (χ0v) is 10.9. The molecule has 19 heavy (non-hydrogen) atoms. The quantitative estimate of drug-likeness (QED) is 0.644. The molecule has 2 rings (SSSR count). The zero-order valence-electron chi connectivity index (χ0n) is 10.9. The molecule has 2 aliphatic carbocycles. The van der Waals surface area contributed by atoms with E-state index in [0.29, 0.717) is 18.9 Å². The minimum Gasteiger partial charge on any atom is -0.481 e. The highest BCUT2D eigenvalue weighted by atomic mass is 16.4. The second-order valence-corrected chi connectivity index (χ2v) is 5.36. The predicted octanol–water partition coefficient (Wildman–Crippen LogP) is 0.272. The fraction of sp³-hybridized carbons (Fsp3) is 0.769. The molecule has 2 saturated carbocycles. The van der Waals surface area contributed by atoms with Gasteiger partial charge in [-0.2, -0.15) is 0 Å². The van der Waals surface area contributed by atoms with Gasteiger partial charge in [0.25, 0.3) is 0 Å². The maximum atomic E-state index is 11.9. The van der Waals surface area contributed by atoms with Gasteiger partial charge in [-0.1, -0.05) is 6.42 Å². The van der Waals surface area contributed by atoms with Crippen LogP contribution in [0.1, 0.15) is 38.5 Å². The first-order valence-corrected chi connectivity index (χ1v) is 6.88. The minimum absolute atomic E-state index is 0.0518. The number of amides is 2. The second-order valence-electron chi connectivity index (χ2n) is 5.36. The number of nitrogens with one attached hydrogen (secondary N) is 2. The van der Waals surface area contributed by atoms with Gasteiger partial charge in [0, 0.05) is 19.0 Å². The monoisotopic (exact) mass is 268 g/mol. The smallest absolute Gasteiger partial charge is 0.307 e. The van der Waals surface area contributed by atoms with Crippen molar-refractivity contribution in [3.63, 3.8) is 0 Å². The topological polar surface area (TPSA) is 95.5 Å². The van der Waals surface area contributed by atoms with Gasteiger partial charge in [0.1, 0.15) is 0 Å². The highest BCUT2D eigenvalue weighted by Gasteiger charge is 2.37. The third kappa shape index (κ3) is 3.94. The summed E-state index contributed by atoms with van der Waals surface area (Å²) >= 11 is 0. The highest BCUT2D eigenvalue weighted by Crippen LogP contribution is 2.31. The molecule has 0 aromatic heterocycles. The lowest BCUT2D eigenvalue weighted by atomic mass is 9.95. The summed E-state index contributed by atoms with van der Waals surface area (Å²) in [5.41, 5.74) is 0. The van der Waals surface area contributed by atoms with Gasteiger partial charge in [-0.25, -0.2) is 0 Å². The molecule has 106 valence electrons. The molecule has 2 amide bonds. The van der Waals surface area contributed by atoms with Crippen LogP contribution in [0, 0.1) is 11.8 Å². The first-order valence-electron chi connectivity index (χ1n) is 6.88. The molecule has 2 unspecified atom stereocenters. The van der Waals surface area contributed by atoms with Gasteiger partial charge < -0.3 is 15.7 Å². The van der Waals surface area contributed by atoms with E-state index in [2.05, 4.69) is 10.6 Å². The highest BCUT2D eigenvalue weighted by molar-refractivity contribution is 5.85. The van der Waals surface area contributed by atoms with Crippen LogP contribution >= 0.6 is 0 Å². The minimum atomic E-state index is -0.899. The molecule has 0 aromatic carbocycles. The van der Waals surface area contributed by atoms with Crippen LogP contribution in [0.5, 0.6) is 0 Å². The van der Waals surface area contributed by atoms with Gasteiger partial charge >= 0.3 is 5.97 Å². The van der Waals surface area contributed by atoms with Crippen molar-refractivity contribution in [3.05, 3.63) is 0 Å². The second kappa shape index (κ2) is 6.04. The number of carboxylic acid groups (broad SMARTS) is 1. The molecular weight excluding hydrogens is 248 g/mol. The maximum absolute atomic E-state index is 11.9. The molecule has 0 radical (unpaired) electrons. The Morgan fingerprint density at radius 3 is 2.37 bits per heavy atom. The van der Waals surface area contributed by atoms with Crippen molar-refractivity contribution in [2.75, 3.05) is 6.54 Å². The Kier molecular flexibility index (Phi) is 4.39. The van der Waals surface area contributed by atoms with Gasteiger partial charge in [-0.15, -0.1) is 0 Å². The average molecular weight is 268 g/mol. The lowest BCUT2D eigenvalue weighted by molar-refractivity contribution is -0.146. The Bertz CT molecular complexity index is 379. The van der Waals surface area contributed by atoms with E-state index in [0.717, 1.165) is 19.3 Å². The SMILES string of the molecule is O=C(CCNC(=O)C1CCCC1C(=O)O)NC1CC1. The van der Waals surface area contributed by atoms with Crippen LogP contribution in [0.25, 0.3) is 0 Å². The fourth-order valence-electron chi connectivity index (χ4n) is 2.53. The molecule has 3 N–H and O–H groups in total. The Labute approximate surface area is 111 Å². The molecule has 0 aromatic rings. The number of hydrogen-bond donors (Lipinski definition) is 3. The van der Waals surface area contributed by atoms with E-state index in [1.807, 2.05) is 0 Å². The summed E-state index contributed by atoms with van der Waals surface area (Å²) in [7, 11) is 0. The lowest BCUT2D eigenvalue weighted by Crippen LogP contribution is -2.37. The molecule has 6 nitrogen and oxygen atoms in total. The number of hydrogen-bond acceptors (Lipinski definition) is 3. The molecule has 2 atom stereocenters. The van der Waals surface area contributed by atoms with E-state index in [4.69, 9.17) is 5.11 Å². The number of rotatable bonds is 6. The summed E-state index contributed by atoms with van der Waals surface area (Å²) in [6, 6.07) is 0.328. The van der Waals surface area contributed by atoms with Crippen LogP contribution in [0.3, 0.4) is 0 Å². The summed E-state index contributed by atoms with van der Waals surface area (Å²) in [5, 5.41) is 14.5. The number of aliphatic carboxylic acids is 1. The number of carboxylic acids is 1. The van der Waals surface area contributed by atoms with Crippen LogP contribution in [-0.2, 0) is 14.4 Å². The van der Waals surface area contributed by atoms with E-state index in [1.54, 1.807) is 0 Å². The van der Waals surface area contributed by atoms with Crippen LogP contribution < -0.4 is 10.6 Å². The summed E-state index contributed by atoms with van der Waals surface area (Å²) in [6.45, 7) is 0.278. The van der Waals surface area contributed by atoms with Crippen LogP contribution in [-0.4, -0.2) is 35.5 Å². The molecule has 2 aliphatic rings. The van der Waals surface area contributed by atoms with E-state index < -0.39 is 17.8 Å². The Balaban J connectivity index is 1.68. The van der Waals surface area contributed by atoms with E-state index in [-0.39, 0.29) is 24.8 Å². The van der Waals surface area contributed by atoms with Crippen molar-refractivity contribution in [1.29, 1.82) is 0 Å². The van der Waals surface area contributed by atoms with Crippen molar-refractivity contribution in [2.45, 2.75) is 44.6 Å². The molecular formula is C13H20N2O4. The van der Waals surface area contributed by atoms with Crippen LogP contribution in [0.15, 0.2) is 0 Å². The largest absolute Gasteiger partial charge is 0.481 e. The molecule has 0 bridgehead atoms. The first-order chi connectivity index (χ1) is 9.08. The van der Waals surface area contributed by atoms with Crippen molar-refractivity contribution < 1.29 is 19.5 Å². The van der Waals surface area contributed by atoms with E-state index >= 15 is 0 Å². The standard InChI is InChI=1S/C13H20N2O4/c16-11(15-8-4-5-8)6-7-14-12(17)9-2-1-3-10(9)13(18)19/h8-10H,1-7H2,(H,14,17)(H,15,16)(H,18,19). The summed E-state index contributed by atoms with van der Waals surface area (Å²) in [6.07, 6.45) is 4.30. The molecule has 0 heterocycles. The number of carbonyl (C=O) groups excluding carboxylic acids is 2. The number of carbonyl (C=O) groups is 3. The molecule has 0 aliphatic heterocycles. The average Bonchev–Trinajstić information content (AvgIpc) is 3.01. The van der Waals surface area contributed by atoms with Gasteiger partial charge in [-0.3, -0.25) is 14.4 Å². The molecule has 0 spiro atoms. The third-order valence-electron chi connectivity index (χ3n) is 3.76. The summed E-state index contributed by atoms with van der Waals surface area (Å²) < 4.78 is 0. The van der Waals surface area contributed by atoms with Gasteiger partial charge in [0.05, 0.1) is 11.8 Å². The molecule has 0 saturated heterocycles. The van der Waals surface area contributed by atoms with Crippen molar-refractivity contribution >= 4 is 17.8 Å². The van der Waals surface area contributed by atoms with E-state index in [1.165, 1.54) is 0 Å². The first kappa shape index (κ1) is 13.8. The van der Waals surface area contributed by atoms with E-state index in [9.17, 15) is 14.4 Å². The zero-order chi connectivity index (χ0) is 13.8. The van der Waals surface area contributed by atoms with Crippen LogP contribution in [0.2, 0.25) is 0 Å². The van der Waals surface area contributed by atoms with Crippen LogP contribution in [0.4, 0.5) is 0 Å². The third-order valence-corrected chi connectivity index (χ3v) is 3.76. The molecule has 2 fully saturated rings. The Morgan fingerprint density at radius 2 is 1.74 bits per heavy atom. The van der Waals surface area contributed by atoms with Crippen molar-refractivity contribution in [3.8, 4) is 0 Å². The Hall–Kier alpha value is -1.59. The fourth-order valence-corrected chi connectivity index (χ4v) is 2.53. The van der Waals surface area contributed by atoms with Gasteiger partial charge in [-0.05, 0) is 25.7 Å². The van der Waals surface area contributed by atoms with Gasteiger partial charge in [0.15, 0.2) is 0 Å². The molecule has 6 heteroatoms. The normalized spacial score (nSPS) is 25.9. The maximum Gasteiger partial charge on any atom is 0.307 e. The Morgan fingerprint density at radius 1 is 1.05 bits per heavy atom. The van der Waals surface area contributed by atoms with Crippen molar-refractivity contribution in [2.24, 2.45) is 11.8 Å². The summed E-state index contributed by atoms with van der Waals surface area (Å²) in [5.74, 6) is -2.19. The predicted molar refractivity (Wildman–Crippen MR) is 67.3 cm³/mol. The van der Waals surface area contributed by atoms with Crippen molar-refractivity contribution in [1.82, 2.24) is 10.6 Å². The van der Waals surface area contributed by atoms with Gasteiger partial charge in [0.2, 0.25) is 11.8 Å². The summed E-state index contributed by atoms with van der Waals surface area (Å²) in [4.78, 5) is 34.3.